The van der Waals surface area contributed by atoms with Crippen LogP contribution in [0.5, 0.6) is 23.0 Å². The zero-order chi connectivity index (χ0) is 38.4. The van der Waals surface area contributed by atoms with Crippen LogP contribution in [0.3, 0.4) is 0 Å². The molecule has 0 aliphatic rings. The molecule has 0 atom stereocenters. The van der Waals surface area contributed by atoms with Crippen molar-refractivity contribution in [3.63, 3.8) is 0 Å². The first-order chi connectivity index (χ1) is 25.4. The average Bonchev–Trinajstić information content (AvgIpc) is 3.79. The predicted octanol–water partition coefficient (Wildman–Crippen LogP) is 11.0. The van der Waals surface area contributed by atoms with Crippen LogP contribution in [0.15, 0.2) is 48.5 Å². The van der Waals surface area contributed by atoms with Gasteiger partial charge in [-0.3, -0.25) is 9.59 Å². The normalized spacial score (nSPS) is 11.2. The molecular weight excluding hydrogens is 729 g/mol. The maximum Gasteiger partial charge on any atom is 0.310 e. The van der Waals surface area contributed by atoms with E-state index >= 15 is 0 Å². The van der Waals surface area contributed by atoms with Crippen LogP contribution < -0.4 is 18.9 Å². The van der Waals surface area contributed by atoms with Crippen LogP contribution in [-0.4, -0.2) is 51.6 Å². The Kier molecular flexibility index (Phi) is 13.3. The van der Waals surface area contributed by atoms with Gasteiger partial charge < -0.3 is 28.4 Å². The Morgan fingerprint density at radius 1 is 0.585 bits per heavy atom. The Morgan fingerprint density at radius 2 is 0.962 bits per heavy atom. The van der Waals surface area contributed by atoms with E-state index in [0.29, 0.717) is 36.2 Å². The van der Waals surface area contributed by atoms with Gasteiger partial charge in [0.2, 0.25) is 0 Å². The lowest BCUT2D eigenvalue weighted by atomic mass is 10.0. The molecule has 0 saturated carbocycles. The minimum absolute atomic E-state index is 0.0487. The maximum absolute atomic E-state index is 13.0. The molecule has 0 amide bonds. The molecule has 2 aromatic carbocycles. The third kappa shape index (κ3) is 8.91. The number of carbonyl (C=O) groups is 2. The number of rotatable bonds is 16. The van der Waals surface area contributed by atoms with Crippen LogP contribution in [0.1, 0.15) is 63.8 Å². The van der Waals surface area contributed by atoms with E-state index in [4.69, 9.17) is 28.4 Å². The van der Waals surface area contributed by atoms with Crippen LogP contribution in [-0.2, 0) is 31.9 Å². The van der Waals surface area contributed by atoms with Crippen molar-refractivity contribution in [2.24, 2.45) is 0 Å². The van der Waals surface area contributed by atoms with E-state index < -0.39 is 0 Å². The molecule has 3 heterocycles. The van der Waals surface area contributed by atoms with Gasteiger partial charge in [-0.15, -0.1) is 34.0 Å². The van der Waals surface area contributed by atoms with Crippen LogP contribution in [0.4, 0.5) is 0 Å². The summed E-state index contributed by atoms with van der Waals surface area (Å²) >= 11 is 4.87. The van der Waals surface area contributed by atoms with Gasteiger partial charge in [0.05, 0.1) is 63.6 Å². The van der Waals surface area contributed by atoms with Gasteiger partial charge in [-0.1, -0.05) is 12.1 Å². The first-order valence-corrected chi connectivity index (χ1v) is 20.2. The summed E-state index contributed by atoms with van der Waals surface area (Å²) in [5, 5.41) is 0. The molecule has 0 unspecified atom stereocenters. The van der Waals surface area contributed by atoms with Crippen molar-refractivity contribution in [2.45, 2.75) is 80.4 Å². The number of esters is 2. The fourth-order valence-electron chi connectivity index (χ4n) is 6.07. The molecule has 0 radical (unpaired) electrons. The van der Waals surface area contributed by atoms with E-state index in [1.165, 1.54) is 0 Å². The van der Waals surface area contributed by atoms with E-state index in [1.807, 2.05) is 77.9 Å². The van der Waals surface area contributed by atoms with E-state index in [2.05, 4.69) is 26.0 Å². The van der Waals surface area contributed by atoms with E-state index in [9.17, 15) is 9.59 Å². The second-order valence-corrected chi connectivity index (χ2v) is 16.0. The molecule has 3 aromatic heterocycles. The largest absolute Gasteiger partial charge is 0.496 e. The highest BCUT2D eigenvalue weighted by molar-refractivity contribution is 7.28. The Labute approximate surface area is 324 Å². The lowest BCUT2D eigenvalue weighted by molar-refractivity contribution is -0.143. The second kappa shape index (κ2) is 17.7. The van der Waals surface area contributed by atoms with Crippen LogP contribution in [0, 0.1) is 13.8 Å². The number of methoxy groups -OCH3 is 2. The van der Waals surface area contributed by atoms with Gasteiger partial charge in [0, 0.05) is 29.3 Å². The van der Waals surface area contributed by atoms with Crippen molar-refractivity contribution >= 4 is 45.9 Å². The molecule has 0 bridgehead atoms. The fraction of sp³-hybridized carbons (Fsp3) is 0.381. The van der Waals surface area contributed by atoms with Gasteiger partial charge in [-0.25, -0.2) is 0 Å². The predicted molar refractivity (Wildman–Crippen MR) is 217 cm³/mol. The summed E-state index contributed by atoms with van der Waals surface area (Å²) < 4.78 is 35.0. The van der Waals surface area contributed by atoms with Gasteiger partial charge in [-0.05, 0) is 114 Å². The first-order valence-electron chi connectivity index (χ1n) is 17.8. The molecule has 8 nitrogen and oxygen atoms in total. The Hall–Kier alpha value is -4.32. The molecule has 5 rings (SSSR count). The van der Waals surface area contributed by atoms with Gasteiger partial charge in [0.15, 0.2) is 0 Å². The van der Waals surface area contributed by atoms with Crippen LogP contribution in [0.2, 0.25) is 0 Å². The van der Waals surface area contributed by atoms with E-state index in [-0.39, 0.29) is 37.0 Å². The molecule has 0 aliphatic heterocycles. The summed E-state index contributed by atoms with van der Waals surface area (Å²) in [7, 11) is 3.30. The smallest absolute Gasteiger partial charge is 0.310 e. The first kappa shape index (κ1) is 39.9. The summed E-state index contributed by atoms with van der Waals surface area (Å²) in [5.41, 5.74) is 5.60. The average molecular weight is 777 g/mol. The number of ether oxygens (including phenoxy) is 6. The molecule has 53 heavy (non-hydrogen) atoms. The Bertz CT molecular complexity index is 1920. The number of hydrogen-bond acceptors (Lipinski definition) is 11. The Morgan fingerprint density at radius 3 is 1.30 bits per heavy atom. The van der Waals surface area contributed by atoms with Gasteiger partial charge in [0.1, 0.15) is 23.0 Å². The monoisotopic (exact) mass is 776 g/mol. The number of benzene rings is 2. The summed E-state index contributed by atoms with van der Waals surface area (Å²) in [4.78, 5) is 31.9. The summed E-state index contributed by atoms with van der Waals surface area (Å²) in [6.07, 6.45) is 0.134. The van der Waals surface area contributed by atoms with Crippen LogP contribution in [0.25, 0.3) is 40.4 Å². The number of carbonyl (C=O) groups excluding carboxylic acids is 2. The molecular formula is C42H48O8S3. The summed E-state index contributed by atoms with van der Waals surface area (Å²) in [6.45, 7) is 16.4. The maximum atomic E-state index is 13.0. The molecule has 0 fully saturated rings. The second-order valence-electron chi connectivity index (χ2n) is 12.9. The standard InChI is InChI=1S/C42H48O8S3/c1-11-47-35(43)21-27-19-33(37-29(45-9)15-13-17-31(37)49-23(3)4)51-41(27)39-25(7)26(8)40(53-39)42-28(22-36(44)48-12-2)20-34(52-42)38-30(46-10)16-14-18-32(38)50-24(5)6/h13-20,23-24H,11-12,21-22H2,1-10H3. The van der Waals surface area contributed by atoms with Crippen molar-refractivity contribution < 1.29 is 38.0 Å². The highest BCUT2D eigenvalue weighted by atomic mass is 32.1. The molecule has 11 heteroatoms. The quantitative estimate of drug-likeness (QED) is 0.0915. The lowest BCUT2D eigenvalue weighted by Crippen LogP contribution is -2.07. The molecule has 0 spiro atoms. The third-order valence-corrected chi connectivity index (χ3v) is 12.5. The third-order valence-electron chi connectivity index (χ3n) is 8.39. The van der Waals surface area contributed by atoms with E-state index in [1.54, 1.807) is 48.2 Å². The molecule has 5 aromatic rings. The van der Waals surface area contributed by atoms with Gasteiger partial charge in [0.25, 0.3) is 0 Å². The molecule has 282 valence electrons. The minimum atomic E-state index is -0.293. The summed E-state index contributed by atoms with van der Waals surface area (Å²) in [6, 6.07) is 15.7. The fourth-order valence-corrected chi connectivity index (χ4v) is 10.3. The van der Waals surface area contributed by atoms with Crippen molar-refractivity contribution in [3.05, 3.63) is 70.8 Å². The SMILES string of the molecule is CCOC(=O)Cc1cc(-c2c(OC)cccc2OC(C)C)sc1-c1sc(-c2sc(-c3c(OC)cccc3OC(C)C)cc2CC(=O)OCC)c(C)c1C. The molecule has 0 aliphatic carbocycles. The number of thiophene rings is 3. The van der Waals surface area contributed by atoms with Crippen molar-refractivity contribution in [1.82, 2.24) is 0 Å². The zero-order valence-electron chi connectivity index (χ0n) is 32.1. The van der Waals surface area contributed by atoms with Gasteiger partial charge in [-0.2, -0.15) is 0 Å². The number of hydrogen-bond donors (Lipinski definition) is 0. The zero-order valence-corrected chi connectivity index (χ0v) is 34.5. The lowest BCUT2D eigenvalue weighted by Gasteiger charge is -2.16. The highest BCUT2D eigenvalue weighted by Crippen LogP contribution is 2.53. The minimum Gasteiger partial charge on any atom is -0.496 e. The van der Waals surface area contributed by atoms with Crippen molar-refractivity contribution in [2.75, 3.05) is 27.4 Å². The Balaban J connectivity index is 1.72. The highest BCUT2D eigenvalue weighted by Gasteiger charge is 2.28. The van der Waals surface area contributed by atoms with Gasteiger partial charge >= 0.3 is 11.9 Å². The van der Waals surface area contributed by atoms with Crippen LogP contribution >= 0.6 is 34.0 Å². The summed E-state index contributed by atoms with van der Waals surface area (Å²) in [5.74, 6) is 2.20. The van der Waals surface area contributed by atoms with Crippen molar-refractivity contribution in [3.8, 4) is 63.4 Å². The van der Waals surface area contributed by atoms with E-state index in [0.717, 1.165) is 62.6 Å². The molecule has 0 N–H and O–H groups in total. The molecule has 0 saturated heterocycles. The van der Waals surface area contributed by atoms with Crippen molar-refractivity contribution in [1.29, 1.82) is 0 Å². The topological polar surface area (TPSA) is 89.5 Å².